The van der Waals surface area contributed by atoms with E-state index in [0.29, 0.717) is 13.2 Å². The summed E-state index contributed by atoms with van der Waals surface area (Å²) in [6, 6.07) is 8.44. The molecule has 1 heterocycles. The summed E-state index contributed by atoms with van der Waals surface area (Å²) >= 11 is 0. The van der Waals surface area contributed by atoms with Gasteiger partial charge in [-0.05, 0) is 25.3 Å². The van der Waals surface area contributed by atoms with E-state index < -0.39 is 0 Å². The van der Waals surface area contributed by atoms with Crippen molar-refractivity contribution in [2.75, 3.05) is 25.7 Å². The van der Waals surface area contributed by atoms with Crippen molar-refractivity contribution in [1.82, 2.24) is 15.0 Å². The molecule has 25 heavy (non-hydrogen) atoms. The number of hydrazine groups is 1. The lowest BCUT2D eigenvalue weighted by atomic mass is 9.96. The van der Waals surface area contributed by atoms with Gasteiger partial charge in [-0.15, -0.1) is 0 Å². The van der Waals surface area contributed by atoms with Crippen LogP contribution in [0.25, 0.3) is 11.3 Å². The number of imidazole rings is 1. The van der Waals surface area contributed by atoms with Crippen LogP contribution in [0.4, 0.5) is 5.69 Å². The van der Waals surface area contributed by atoms with Gasteiger partial charge in [-0.3, -0.25) is 0 Å². The Labute approximate surface area is 152 Å². The lowest BCUT2D eigenvalue weighted by Gasteiger charge is -2.25. The van der Waals surface area contributed by atoms with E-state index in [1.807, 2.05) is 26.0 Å². The molecule has 1 aromatic carbocycles. The third kappa shape index (κ3) is 4.61. The minimum atomic E-state index is 0.146. The molecule has 0 unspecified atom stereocenters. The molecule has 0 saturated heterocycles. The number of ether oxygens (including phenoxy) is 1. The predicted octanol–water partition coefficient (Wildman–Crippen LogP) is 4.01. The van der Waals surface area contributed by atoms with Gasteiger partial charge in [0.2, 0.25) is 0 Å². The molecular weight excluding hydrogens is 312 g/mol. The van der Waals surface area contributed by atoms with E-state index in [-0.39, 0.29) is 5.41 Å². The van der Waals surface area contributed by atoms with Crippen LogP contribution in [0.3, 0.4) is 0 Å². The number of nitrogens with one attached hydrogen (secondary N) is 1. The minimum absolute atomic E-state index is 0.146. The average Bonchev–Trinajstić information content (AvgIpc) is 2.85. The zero-order valence-electron chi connectivity index (χ0n) is 16.7. The fraction of sp³-hybridized carbons (Fsp3) is 0.550. The highest BCUT2D eigenvalue weighted by Crippen LogP contribution is 2.34. The fourth-order valence-electron chi connectivity index (χ4n) is 3.01. The molecular formula is C20H32N4O. The lowest BCUT2D eigenvalue weighted by Crippen LogP contribution is -2.31. The molecule has 0 saturated carbocycles. The number of aryl methyl sites for hydroxylation is 1. The Hall–Kier alpha value is -1.85. The second-order valence-electron chi connectivity index (χ2n) is 7.55. The van der Waals surface area contributed by atoms with Crippen LogP contribution in [0, 0.1) is 12.3 Å². The number of aromatic nitrogens is 2. The van der Waals surface area contributed by atoms with E-state index in [9.17, 15) is 0 Å². The van der Waals surface area contributed by atoms with Crippen molar-refractivity contribution in [1.29, 1.82) is 0 Å². The smallest absolute Gasteiger partial charge is 0.135 e. The van der Waals surface area contributed by atoms with Crippen molar-refractivity contribution in [3.8, 4) is 11.3 Å². The predicted molar refractivity (Wildman–Crippen MR) is 105 cm³/mol. The van der Waals surface area contributed by atoms with Gasteiger partial charge in [0, 0.05) is 32.8 Å². The van der Waals surface area contributed by atoms with Crippen LogP contribution >= 0.6 is 0 Å². The first-order chi connectivity index (χ1) is 11.8. The molecule has 5 nitrogen and oxygen atoms in total. The molecule has 0 atom stereocenters. The van der Waals surface area contributed by atoms with Crippen molar-refractivity contribution < 1.29 is 4.74 Å². The van der Waals surface area contributed by atoms with Crippen LogP contribution in [0.5, 0.6) is 0 Å². The zero-order valence-corrected chi connectivity index (χ0v) is 16.7. The number of benzene rings is 1. The average molecular weight is 345 g/mol. The molecule has 0 radical (unpaired) electrons. The highest BCUT2D eigenvalue weighted by molar-refractivity contribution is 5.77. The third-order valence-electron chi connectivity index (χ3n) is 4.14. The Morgan fingerprint density at radius 3 is 2.52 bits per heavy atom. The van der Waals surface area contributed by atoms with Gasteiger partial charge in [0.15, 0.2) is 0 Å². The summed E-state index contributed by atoms with van der Waals surface area (Å²) in [7, 11) is 3.95. The summed E-state index contributed by atoms with van der Waals surface area (Å²) in [5, 5.41) is 2.03. The van der Waals surface area contributed by atoms with Crippen LogP contribution in [0.15, 0.2) is 24.3 Å². The summed E-state index contributed by atoms with van der Waals surface area (Å²) in [5.74, 6) is 0.992. The highest BCUT2D eigenvalue weighted by atomic mass is 16.5. The zero-order chi connectivity index (χ0) is 18.6. The monoisotopic (exact) mass is 344 g/mol. The van der Waals surface area contributed by atoms with Gasteiger partial charge in [0.1, 0.15) is 12.4 Å². The van der Waals surface area contributed by atoms with Gasteiger partial charge in [0.05, 0.1) is 17.1 Å². The van der Waals surface area contributed by atoms with E-state index in [4.69, 9.17) is 9.72 Å². The van der Waals surface area contributed by atoms with Gasteiger partial charge in [-0.2, -0.15) is 0 Å². The van der Waals surface area contributed by atoms with Gasteiger partial charge < -0.3 is 14.3 Å². The molecule has 0 amide bonds. The molecule has 2 rings (SSSR count). The summed E-state index contributed by atoms with van der Waals surface area (Å²) in [4.78, 5) is 4.83. The number of anilines is 1. The second-order valence-corrected chi connectivity index (χ2v) is 7.55. The van der Waals surface area contributed by atoms with Gasteiger partial charge >= 0.3 is 0 Å². The maximum atomic E-state index is 5.67. The van der Waals surface area contributed by atoms with Crippen LogP contribution in [-0.4, -0.2) is 30.3 Å². The second kappa shape index (κ2) is 8.02. The normalized spacial score (nSPS) is 11.8. The quantitative estimate of drug-likeness (QED) is 0.771. The molecule has 0 aliphatic carbocycles. The van der Waals surface area contributed by atoms with E-state index in [2.05, 4.69) is 62.0 Å². The fourth-order valence-corrected chi connectivity index (χ4v) is 3.01. The van der Waals surface area contributed by atoms with Gasteiger partial charge in [-0.25, -0.2) is 10.4 Å². The summed E-state index contributed by atoms with van der Waals surface area (Å²) in [5.41, 5.74) is 7.86. The van der Waals surface area contributed by atoms with E-state index in [1.165, 1.54) is 11.3 Å². The Kier molecular flexibility index (Phi) is 6.25. The van der Waals surface area contributed by atoms with Gasteiger partial charge in [-0.1, -0.05) is 39.0 Å². The standard InChI is InChI=1S/C20H32N4O/c1-8-25-13-18-22-15(2)19(24(18)14-20(3,4)5)16-11-9-10-12-17(16)23(7)21-6/h9-12,21H,8,13-14H2,1-7H3. The molecule has 0 bridgehead atoms. The topological polar surface area (TPSA) is 42.3 Å². The van der Waals surface area contributed by atoms with Crippen LogP contribution in [0.1, 0.15) is 39.2 Å². The Morgan fingerprint density at radius 2 is 1.92 bits per heavy atom. The molecule has 138 valence electrons. The van der Waals surface area contributed by atoms with Crippen molar-refractivity contribution in [2.24, 2.45) is 5.41 Å². The van der Waals surface area contributed by atoms with Gasteiger partial charge in [0.25, 0.3) is 0 Å². The molecule has 1 N–H and O–H groups in total. The first kappa shape index (κ1) is 19.5. The first-order valence-corrected chi connectivity index (χ1v) is 8.92. The van der Waals surface area contributed by atoms with Crippen molar-refractivity contribution >= 4 is 5.69 Å². The van der Waals surface area contributed by atoms with Crippen molar-refractivity contribution in [3.05, 3.63) is 35.8 Å². The van der Waals surface area contributed by atoms with Crippen LogP contribution in [-0.2, 0) is 17.9 Å². The number of nitrogens with zero attached hydrogens (tertiary/aromatic N) is 3. The highest BCUT2D eigenvalue weighted by Gasteiger charge is 2.23. The van der Waals surface area contributed by atoms with Crippen molar-refractivity contribution in [2.45, 2.75) is 47.8 Å². The Balaban J connectivity index is 2.63. The summed E-state index contributed by atoms with van der Waals surface area (Å²) in [6.45, 7) is 13.0. The molecule has 0 spiro atoms. The van der Waals surface area contributed by atoms with E-state index >= 15 is 0 Å². The largest absolute Gasteiger partial charge is 0.374 e. The summed E-state index contributed by atoms with van der Waals surface area (Å²) in [6.07, 6.45) is 0. The molecule has 0 aliphatic heterocycles. The first-order valence-electron chi connectivity index (χ1n) is 8.92. The third-order valence-corrected chi connectivity index (χ3v) is 4.14. The van der Waals surface area contributed by atoms with Crippen molar-refractivity contribution in [3.63, 3.8) is 0 Å². The Morgan fingerprint density at radius 1 is 1.24 bits per heavy atom. The molecule has 5 heteroatoms. The molecule has 1 aromatic heterocycles. The molecule has 2 aromatic rings. The number of rotatable bonds is 7. The number of hydrogen-bond donors (Lipinski definition) is 1. The van der Waals surface area contributed by atoms with E-state index in [0.717, 1.165) is 23.8 Å². The molecule has 0 fully saturated rings. The van der Waals surface area contributed by atoms with E-state index in [1.54, 1.807) is 0 Å². The lowest BCUT2D eigenvalue weighted by molar-refractivity contribution is 0.124. The van der Waals surface area contributed by atoms with Crippen LogP contribution in [0.2, 0.25) is 0 Å². The van der Waals surface area contributed by atoms with Crippen LogP contribution < -0.4 is 10.4 Å². The maximum absolute atomic E-state index is 5.67. The number of para-hydroxylation sites is 1. The maximum Gasteiger partial charge on any atom is 0.135 e. The molecule has 0 aliphatic rings. The SMILES string of the molecule is CCOCc1nc(C)c(-c2ccccc2N(C)NC)n1CC(C)(C)C. The summed E-state index contributed by atoms with van der Waals surface area (Å²) < 4.78 is 8.00. The Bertz CT molecular complexity index is 700. The number of hydrogen-bond acceptors (Lipinski definition) is 4. The minimum Gasteiger partial charge on any atom is -0.374 e.